The molecular formula is C60H62Si2. The summed E-state index contributed by atoms with van der Waals surface area (Å²) >= 11 is 0. The van der Waals surface area contributed by atoms with Crippen LogP contribution in [0, 0.1) is 70.3 Å². The molecule has 0 fully saturated rings. The Morgan fingerprint density at radius 1 is 0.258 bits per heavy atom. The maximum Gasteiger partial charge on any atom is 0.146 e. The predicted molar refractivity (Wildman–Crippen MR) is 272 cm³/mol. The molecule has 0 aliphatic rings. The van der Waals surface area contributed by atoms with Crippen LogP contribution in [0.3, 0.4) is 0 Å². The van der Waals surface area contributed by atoms with E-state index in [-0.39, 0.29) is 0 Å². The third kappa shape index (κ3) is 11.8. The fourth-order valence-corrected chi connectivity index (χ4v) is 19.6. The van der Waals surface area contributed by atoms with Gasteiger partial charge in [0.25, 0.3) is 0 Å². The second-order valence-electron chi connectivity index (χ2n) is 18.2. The van der Waals surface area contributed by atoms with E-state index < -0.39 is 16.1 Å². The second kappa shape index (κ2) is 21.6. The summed E-state index contributed by atoms with van der Waals surface area (Å²) in [5.74, 6) is 33.8. The lowest BCUT2D eigenvalue weighted by Crippen LogP contribution is -2.43. The quantitative estimate of drug-likeness (QED) is 0.118. The summed E-state index contributed by atoms with van der Waals surface area (Å²) in [6, 6.07) is 40.9. The Morgan fingerprint density at radius 3 is 0.790 bits per heavy atom. The summed E-state index contributed by atoms with van der Waals surface area (Å²) in [6.07, 6.45) is 0. The molecular weight excluding hydrogens is 777 g/mol. The fraction of sp³-hybridized carbons (Fsp3) is 0.300. The minimum Gasteiger partial charge on any atom is -0.125 e. The van der Waals surface area contributed by atoms with Crippen LogP contribution in [-0.2, 0) is 0 Å². The Balaban J connectivity index is 1.27. The highest BCUT2D eigenvalue weighted by atomic mass is 28.3. The van der Waals surface area contributed by atoms with E-state index in [1.54, 1.807) is 0 Å². The highest BCUT2D eigenvalue weighted by molar-refractivity contribution is 6.91. The molecule has 0 spiro atoms. The van der Waals surface area contributed by atoms with E-state index in [9.17, 15) is 0 Å². The Bertz CT molecular complexity index is 2680. The van der Waals surface area contributed by atoms with E-state index in [4.69, 9.17) is 0 Å². The van der Waals surface area contributed by atoms with Crippen LogP contribution < -0.4 is 0 Å². The molecule has 0 nitrogen and oxygen atoms in total. The molecule has 5 rings (SSSR count). The Hall–Kier alpha value is -6.11. The number of hydrogen-bond acceptors (Lipinski definition) is 0. The lowest BCUT2D eigenvalue weighted by Gasteiger charge is -2.38. The second-order valence-corrected chi connectivity index (χ2v) is 29.3. The highest BCUT2D eigenvalue weighted by Gasteiger charge is 2.42. The first-order valence-corrected chi connectivity index (χ1v) is 26.7. The van der Waals surface area contributed by atoms with Crippen LogP contribution in [0.1, 0.15) is 139 Å². The summed E-state index contributed by atoms with van der Waals surface area (Å²) < 4.78 is 0. The van der Waals surface area contributed by atoms with Crippen LogP contribution in [0.25, 0.3) is 0 Å². The molecule has 0 saturated heterocycles. The third-order valence-corrected chi connectivity index (χ3v) is 25.0. The molecule has 0 radical (unpaired) electrons. The minimum atomic E-state index is -1.78. The van der Waals surface area contributed by atoms with Crippen LogP contribution in [0.15, 0.2) is 121 Å². The number of hydrogen-bond donors (Lipinski definition) is 0. The molecule has 5 aromatic rings. The highest BCUT2D eigenvalue weighted by Crippen LogP contribution is 2.42. The van der Waals surface area contributed by atoms with Crippen LogP contribution >= 0.6 is 0 Å². The average Bonchev–Trinajstić information content (AvgIpc) is 3.24. The van der Waals surface area contributed by atoms with Crippen LogP contribution in [0.4, 0.5) is 0 Å². The zero-order chi connectivity index (χ0) is 44.9. The molecule has 0 amide bonds. The van der Waals surface area contributed by atoms with Crippen molar-refractivity contribution in [1.82, 2.24) is 0 Å². The first kappa shape index (κ1) is 47.0. The van der Waals surface area contributed by atoms with Crippen molar-refractivity contribution < 1.29 is 0 Å². The molecule has 0 aliphatic heterocycles. The molecule has 0 unspecified atom stereocenters. The normalized spacial score (nSPS) is 11.0. The van der Waals surface area contributed by atoms with Gasteiger partial charge in [0.2, 0.25) is 0 Å². The van der Waals surface area contributed by atoms with E-state index in [0.717, 1.165) is 55.6 Å². The van der Waals surface area contributed by atoms with Gasteiger partial charge >= 0.3 is 0 Å². The standard InChI is InChI=1S/C60H62Si2/c1-45(2)61(46(3)4,47(5)6)41-39-53-27-23-51(24-28-53)31-32-55-17-15-18-56(43-55)33-34-57-19-16-20-58(44-57)36-38-60-22-14-13-21-59(60)37-35-52-25-29-54(30-26-52)40-42-62(48(7)8,49(9)10)50(11)12/h13-30,43-50H,1-12H3. The number of rotatable bonds is 6. The van der Waals surface area contributed by atoms with E-state index >= 15 is 0 Å². The van der Waals surface area contributed by atoms with Gasteiger partial charge in [0.05, 0.1) is 0 Å². The van der Waals surface area contributed by atoms with Crippen molar-refractivity contribution in [3.05, 3.63) is 177 Å². The van der Waals surface area contributed by atoms with Crippen molar-refractivity contribution >= 4 is 16.1 Å². The average molecular weight is 839 g/mol. The summed E-state index contributed by atoms with van der Waals surface area (Å²) in [5.41, 5.74) is 20.7. The van der Waals surface area contributed by atoms with Crippen molar-refractivity contribution in [2.75, 3.05) is 0 Å². The maximum absolute atomic E-state index is 3.82. The zero-order valence-corrected chi connectivity index (χ0v) is 41.0. The van der Waals surface area contributed by atoms with Crippen LogP contribution in [0.5, 0.6) is 0 Å². The summed E-state index contributed by atoms with van der Waals surface area (Å²) in [5, 5.41) is 0. The van der Waals surface area contributed by atoms with Crippen LogP contribution in [-0.4, -0.2) is 16.1 Å². The van der Waals surface area contributed by atoms with Crippen molar-refractivity contribution in [1.29, 1.82) is 0 Å². The van der Waals surface area contributed by atoms with Gasteiger partial charge in [-0.2, -0.15) is 0 Å². The molecule has 5 aromatic carbocycles. The Labute approximate surface area is 377 Å². The Kier molecular flexibility index (Phi) is 16.4. The van der Waals surface area contributed by atoms with E-state index in [1.165, 1.54) is 0 Å². The first-order valence-electron chi connectivity index (χ1n) is 22.3. The lowest BCUT2D eigenvalue weighted by molar-refractivity contribution is 0.838. The van der Waals surface area contributed by atoms with Gasteiger partial charge in [0.15, 0.2) is 0 Å². The van der Waals surface area contributed by atoms with Gasteiger partial charge in [-0.05, 0) is 130 Å². The van der Waals surface area contributed by atoms with Crippen molar-refractivity contribution in [2.45, 2.75) is 116 Å². The SMILES string of the molecule is CC(C)[Si](C#Cc1ccc(C#Cc2cccc(C#Cc3cccc(C#Cc4ccccc4C#Cc4ccc(C#C[Si](C(C)C)(C(C)C)C(C)C)cc4)c3)c2)cc1)(C(C)C)C(C)C. The summed E-state index contributed by atoms with van der Waals surface area (Å²) in [7, 11) is -3.56. The van der Waals surface area contributed by atoms with Crippen molar-refractivity contribution in [3.8, 4) is 70.3 Å². The predicted octanol–water partition coefficient (Wildman–Crippen LogP) is 14.4. The molecule has 0 bridgehead atoms. The molecule has 0 atom stereocenters. The monoisotopic (exact) mass is 838 g/mol. The molecule has 62 heavy (non-hydrogen) atoms. The largest absolute Gasteiger partial charge is 0.146 e. The molecule has 0 N–H and O–H groups in total. The maximum atomic E-state index is 3.82. The molecule has 0 saturated carbocycles. The van der Waals surface area contributed by atoms with E-state index in [2.05, 4.69) is 202 Å². The number of benzene rings is 5. The van der Waals surface area contributed by atoms with Crippen molar-refractivity contribution in [2.24, 2.45) is 0 Å². The zero-order valence-electron chi connectivity index (χ0n) is 39.0. The minimum absolute atomic E-state index is 0.607. The van der Waals surface area contributed by atoms with Gasteiger partial charge in [-0.25, -0.2) is 0 Å². The molecule has 310 valence electrons. The van der Waals surface area contributed by atoms with Gasteiger partial charge in [-0.1, -0.05) is 167 Å². The van der Waals surface area contributed by atoms with Gasteiger partial charge in [-0.3, -0.25) is 0 Å². The lowest BCUT2D eigenvalue weighted by atomic mass is 10.1. The van der Waals surface area contributed by atoms with Crippen molar-refractivity contribution in [3.63, 3.8) is 0 Å². The van der Waals surface area contributed by atoms with Crippen LogP contribution in [0.2, 0.25) is 33.2 Å². The van der Waals surface area contributed by atoms with E-state index in [1.807, 2.05) is 72.8 Å². The summed E-state index contributed by atoms with van der Waals surface area (Å²) in [6.45, 7) is 28.2. The topological polar surface area (TPSA) is 0 Å². The third-order valence-electron chi connectivity index (χ3n) is 12.4. The summed E-state index contributed by atoms with van der Waals surface area (Å²) in [4.78, 5) is 0. The molecule has 0 heterocycles. The molecule has 0 aromatic heterocycles. The molecule has 2 heteroatoms. The smallest absolute Gasteiger partial charge is 0.125 e. The van der Waals surface area contributed by atoms with Gasteiger partial charge < -0.3 is 0 Å². The fourth-order valence-electron chi connectivity index (χ4n) is 9.12. The Morgan fingerprint density at radius 2 is 0.500 bits per heavy atom. The first-order chi connectivity index (χ1) is 29.6. The molecule has 0 aliphatic carbocycles. The van der Waals surface area contributed by atoms with Gasteiger partial charge in [0, 0.05) is 55.6 Å². The van der Waals surface area contributed by atoms with Gasteiger partial charge in [-0.15, -0.1) is 11.1 Å². The van der Waals surface area contributed by atoms with Gasteiger partial charge in [0.1, 0.15) is 16.1 Å². The van der Waals surface area contributed by atoms with E-state index in [0.29, 0.717) is 33.2 Å².